The summed E-state index contributed by atoms with van der Waals surface area (Å²) in [7, 11) is 3.20. The molecule has 0 bridgehead atoms. The van der Waals surface area contributed by atoms with Gasteiger partial charge in [0.2, 0.25) is 0 Å². The van der Waals surface area contributed by atoms with Crippen LogP contribution in [0, 0.1) is 11.2 Å². The highest BCUT2D eigenvalue weighted by Gasteiger charge is 2.57. The van der Waals surface area contributed by atoms with Gasteiger partial charge in [-0.1, -0.05) is 23.7 Å². The van der Waals surface area contributed by atoms with Crippen molar-refractivity contribution in [1.29, 1.82) is 0 Å². The number of imidazole rings is 1. The molecule has 1 spiro atoms. The smallest absolute Gasteiger partial charge is 0.278 e. The number of benzene rings is 3. The zero-order valence-corrected chi connectivity index (χ0v) is 25.2. The van der Waals surface area contributed by atoms with Crippen molar-refractivity contribution >= 4 is 28.3 Å². The Morgan fingerprint density at radius 3 is 2.67 bits per heavy atom. The molecule has 3 aliphatic rings. The van der Waals surface area contributed by atoms with E-state index in [2.05, 4.69) is 9.47 Å². The van der Waals surface area contributed by atoms with E-state index in [0.717, 1.165) is 54.9 Å². The molecule has 1 N–H and O–H groups in total. The van der Waals surface area contributed by atoms with Gasteiger partial charge in [-0.25, -0.2) is 9.37 Å². The number of nitrogens with zero attached hydrogens (tertiary/aromatic N) is 3. The first kappa shape index (κ1) is 28.4. The summed E-state index contributed by atoms with van der Waals surface area (Å²) in [5, 5.41) is 10.6. The van der Waals surface area contributed by atoms with Crippen LogP contribution in [-0.4, -0.2) is 48.6 Å². The van der Waals surface area contributed by atoms with Crippen molar-refractivity contribution in [1.82, 2.24) is 9.55 Å². The number of methoxy groups -OCH3 is 2. The molecule has 1 saturated carbocycles. The molecular weight excluding hydrogens is 573 g/mol. The van der Waals surface area contributed by atoms with Gasteiger partial charge in [0.1, 0.15) is 11.6 Å². The number of hydrogen-bond donors (Lipinski definition) is 1. The number of rotatable bonds is 8. The van der Waals surface area contributed by atoms with E-state index in [1.807, 2.05) is 36.4 Å². The second-order valence-electron chi connectivity index (χ2n) is 11.9. The minimum Gasteiger partial charge on any atom is -0.444 e. The number of para-hydroxylation sites is 1. The summed E-state index contributed by atoms with van der Waals surface area (Å²) < 4.78 is 40.2. The van der Waals surface area contributed by atoms with Gasteiger partial charge >= 0.3 is 0 Å². The van der Waals surface area contributed by atoms with Gasteiger partial charge in [0, 0.05) is 57.3 Å². The SMILES string of the molecule is COCCn1c(C2CC23CCN(c2cccc4c2OC(C)(c2ccc(Cl)cc2F)O4)CC3)nc2ccc(C(O)OC)cc21. The molecule has 7 rings (SSSR count). The van der Waals surface area contributed by atoms with Crippen molar-refractivity contribution in [3.63, 3.8) is 0 Å². The molecule has 2 fully saturated rings. The Labute approximate surface area is 254 Å². The molecule has 3 heterocycles. The van der Waals surface area contributed by atoms with Crippen LogP contribution >= 0.6 is 11.6 Å². The third-order valence-corrected chi connectivity index (χ3v) is 9.65. The fourth-order valence-electron chi connectivity index (χ4n) is 6.92. The summed E-state index contributed by atoms with van der Waals surface area (Å²) in [5.74, 6) is 0.926. The minimum atomic E-state index is -1.29. The van der Waals surface area contributed by atoms with Crippen LogP contribution in [-0.2, 0) is 21.8 Å². The number of hydrogen-bond acceptors (Lipinski definition) is 7. The fourth-order valence-corrected chi connectivity index (χ4v) is 7.08. The first-order valence-corrected chi connectivity index (χ1v) is 15.0. The van der Waals surface area contributed by atoms with E-state index in [0.29, 0.717) is 46.7 Å². The Bertz CT molecular complexity index is 1690. The third kappa shape index (κ3) is 4.83. The molecule has 3 unspecified atom stereocenters. The van der Waals surface area contributed by atoms with Crippen molar-refractivity contribution in [2.45, 2.75) is 50.7 Å². The predicted octanol–water partition coefficient (Wildman–Crippen LogP) is 6.53. The predicted molar refractivity (Wildman–Crippen MR) is 161 cm³/mol. The van der Waals surface area contributed by atoms with Crippen LogP contribution in [0.4, 0.5) is 10.1 Å². The van der Waals surface area contributed by atoms with Gasteiger partial charge in [0.25, 0.3) is 5.79 Å². The van der Waals surface area contributed by atoms with Gasteiger partial charge in [-0.3, -0.25) is 0 Å². The van der Waals surface area contributed by atoms with Gasteiger partial charge in [-0.05, 0) is 67.1 Å². The second-order valence-corrected chi connectivity index (χ2v) is 12.4. The fraction of sp³-hybridized carbons (Fsp3) is 0.424. The lowest BCUT2D eigenvalue weighted by Crippen LogP contribution is -2.36. The van der Waals surface area contributed by atoms with E-state index in [1.165, 1.54) is 13.2 Å². The quantitative estimate of drug-likeness (QED) is 0.228. The molecule has 1 aliphatic carbocycles. The van der Waals surface area contributed by atoms with Gasteiger partial charge in [0.05, 0.1) is 28.9 Å². The van der Waals surface area contributed by atoms with E-state index < -0.39 is 17.9 Å². The summed E-state index contributed by atoms with van der Waals surface area (Å²) in [6.45, 7) is 4.73. The Balaban J connectivity index is 1.11. The molecule has 10 heteroatoms. The maximum Gasteiger partial charge on any atom is 0.278 e. The molecule has 0 radical (unpaired) electrons. The van der Waals surface area contributed by atoms with Crippen LogP contribution < -0.4 is 14.4 Å². The molecule has 4 aromatic rings. The van der Waals surface area contributed by atoms with Crippen molar-refractivity contribution in [2.24, 2.45) is 5.41 Å². The van der Waals surface area contributed by atoms with E-state index in [1.54, 1.807) is 26.2 Å². The number of aliphatic hydroxyl groups is 1. The van der Waals surface area contributed by atoms with Gasteiger partial charge < -0.3 is 33.5 Å². The van der Waals surface area contributed by atoms with Crippen LogP contribution in [0.15, 0.2) is 54.6 Å². The van der Waals surface area contributed by atoms with Crippen LogP contribution in [0.2, 0.25) is 5.02 Å². The van der Waals surface area contributed by atoms with Crippen molar-refractivity contribution < 1.29 is 28.4 Å². The molecule has 43 heavy (non-hydrogen) atoms. The van der Waals surface area contributed by atoms with E-state index >= 15 is 0 Å². The number of aromatic nitrogens is 2. The summed E-state index contributed by atoms with van der Waals surface area (Å²) in [4.78, 5) is 7.43. The Morgan fingerprint density at radius 2 is 1.93 bits per heavy atom. The zero-order chi connectivity index (χ0) is 29.9. The van der Waals surface area contributed by atoms with E-state index in [-0.39, 0.29) is 5.41 Å². The lowest BCUT2D eigenvalue weighted by Gasteiger charge is -2.35. The standard InChI is InChI=1S/C33H35ClFN3O5/c1-32(22-9-8-21(34)18-24(22)35)42-28-6-4-5-26(29(28)43-32)37-13-11-33(12-14-37)19-23(33)30-36-25-10-7-20(31(39)41-3)17-27(25)38(30)15-16-40-2/h4-10,17-18,23,31,39H,11-16,19H2,1-3H3. The minimum absolute atomic E-state index is 0.188. The molecule has 1 aromatic heterocycles. The highest BCUT2D eigenvalue weighted by atomic mass is 35.5. The summed E-state index contributed by atoms with van der Waals surface area (Å²) in [6.07, 6.45) is 2.15. The number of anilines is 1. The highest BCUT2D eigenvalue weighted by molar-refractivity contribution is 6.30. The van der Waals surface area contributed by atoms with Crippen LogP contribution in [0.25, 0.3) is 11.0 Å². The molecule has 3 atom stereocenters. The largest absolute Gasteiger partial charge is 0.444 e. The van der Waals surface area contributed by atoms with Crippen molar-refractivity contribution in [3.8, 4) is 11.5 Å². The second kappa shape index (κ2) is 10.7. The normalized spacial score (nSPS) is 22.8. The van der Waals surface area contributed by atoms with Crippen LogP contribution in [0.3, 0.4) is 0 Å². The monoisotopic (exact) mass is 607 g/mol. The van der Waals surface area contributed by atoms with Crippen molar-refractivity contribution in [3.05, 3.63) is 82.4 Å². The molecule has 1 saturated heterocycles. The molecule has 3 aromatic carbocycles. The van der Waals surface area contributed by atoms with Crippen LogP contribution in [0.5, 0.6) is 11.5 Å². The Hall–Kier alpha value is -3.37. The first-order valence-electron chi connectivity index (χ1n) is 14.7. The van der Waals surface area contributed by atoms with Gasteiger partial charge in [-0.15, -0.1) is 0 Å². The molecule has 0 amide bonds. The maximum absolute atomic E-state index is 14.8. The summed E-state index contributed by atoms with van der Waals surface area (Å²) >= 11 is 5.98. The number of halogens is 2. The number of fused-ring (bicyclic) bond motifs is 2. The number of aliphatic hydroxyl groups excluding tert-OH is 1. The highest BCUT2D eigenvalue weighted by Crippen LogP contribution is 2.65. The lowest BCUT2D eigenvalue weighted by atomic mass is 9.90. The summed E-state index contributed by atoms with van der Waals surface area (Å²) in [6, 6.07) is 16.2. The Kier molecular flexibility index (Phi) is 7.04. The average Bonchev–Trinajstić information content (AvgIpc) is 3.37. The van der Waals surface area contributed by atoms with Gasteiger partial charge in [-0.2, -0.15) is 0 Å². The number of ether oxygens (including phenoxy) is 4. The molecular formula is C33H35ClFN3O5. The first-order chi connectivity index (χ1) is 20.7. The van der Waals surface area contributed by atoms with Gasteiger partial charge in [0.15, 0.2) is 17.8 Å². The molecule has 2 aliphatic heterocycles. The maximum atomic E-state index is 14.8. The molecule has 8 nitrogen and oxygen atoms in total. The third-order valence-electron chi connectivity index (χ3n) is 9.41. The topological polar surface area (TPSA) is 78.2 Å². The average molecular weight is 608 g/mol. The van der Waals surface area contributed by atoms with E-state index in [4.69, 9.17) is 35.5 Å². The van der Waals surface area contributed by atoms with E-state index in [9.17, 15) is 9.50 Å². The number of piperidine rings is 1. The lowest BCUT2D eigenvalue weighted by molar-refractivity contribution is -0.0768. The Morgan fingerprint density at radius 1 is 1.12 bits per heavy atom. The zero-order valence-electron chi connectivity index (χ0n) is 24.5. The molecule has 226 valence electrons. The summed E-state index contributed by atoms with van der Waals surface area (Å²) in [5.41, 5.74) is 4.05. The van der Waals surface area contributed by atoms with Crippen LogP contribution in [0.1, 0.15) is 55.3 Å². The van der Waals surface area contributed by atoms with Crippen molar-refractivity contribution in [2.75, 3.05) is 38.8 Å².